The Labute approximate surface area is 340 Å². The van der Waals surface area contributed by atoms with E-state index in [9.17, 15) is 0 Å². The van der Waals surface area contributed by atoms with Gasteiger partial charge in [-0.05, 0) is 57.7 Å². The standard InChI is InChI=1S/C53H36N4S/c1-53(41-21-12-19-39(32-41)48-49-47(43-23-10-11-24-45(43)58-49)46-42-22-9-8-16-36(42)29-30-44(46)54-48)31-13-20-40(33-53)52-56-50(37-17-6-3-7-18-37)55-51(57-52)38-27-25-35(26-28-38)34-14-4-2-5-15-34/h2-32H,33H2,1H3. The lowest BCUT2D eigenvalue weighted by molar-refractivity contribution is 0.607. The number of nitrogens with zero attached hydrogens (tertiary/aromatic N) is 4. The van der Waals surface area contributed by atoms with E-state index in [2.05, 4.69) is 171 Å². The van der Waals surface area contributed by atoms with Crippen LogP contribution < -0.4 is 0 Å². The quantitative estimate of drug-likeness (QED) is 0.158. The molecule has 58 heavy (non-hydrogen) atoms. The molecule has 1 atom stereocenters. The van der Waals surface area contributed by atoms with Crippen LogP contribution in [0.1, 0.15) is 24.7 Å². The summed E-state index contributed by atoms with van der Waals surface area (Å²) in [6.45, 7) is 2.31. The van der Waals surface area contributed by atoms with Crippen molar-refractivity contribution in [3.63, 3.8) is 0 Å². The monoisotopic (exact) mass is 760 g/mol. The zero-order valence-corrected chi connectivity index (χ0v) is 32.6. The molecular weight excluding hydrogens is 725 g/mol. The highest BCUT2D eigenvalue weighted by Gasteiger charge is 2.30. The maximum Gasteiger partial charge on any atom is 0.164 e. The third-order valence-electron chi connectivity index (χ3n) is 11.5. The van der Waals surface area contributed by atoms with Crippen molar-refractivity contribution in [3.8, 4) is 45.2 Å². The van der Waals surface area contributed by atoms with Gasteiger partial charge in [0.2, 0.25) is 0 Å². The fraction of sp³-hybridized carbons (Fsp3) is 0.0566. The van der Waals surface area contributed by atoms with Crippen LogP contribution in [-0.4, -0.2) is 19.9 Å². The molecule has 3 aromatic heterocycles. The number of fused-ring (bicyclic) bond motifs is 7. The summed E-state index contributed by atoms with van der Waals surface area (Å²) in [7, 11) is 0. The maximum absolute atomic E-state index is 5.44. The minimum Gasteiger partial charge on any atom is -0.246 e. The van der Waals surface area contributed by atoms with Gasteiger partial charge in [-0.25, -0.2) is 19.9 Å². The average molecular weight is 761 g/mol. The molecule has 0 radical (unpaired) electrons. The lowest BCUT2D eigenvalue weighted by Crippen LogP contribution is -2.22. The third-order valence-corrected chi connectivity index (χ3v) is 12.7. The van der Waals surface area contributed by atoms with Gasteiger partial charge in [0.25, 0.3) is 0 Å². The molecule has 1 aliphatic rings. The minimum atomic E-state index is -0.316. The normalized spacial score (nSPS) is 15.4. The summed E-state index contributed by atoms with van der Waals surface area (Å²) in [5.74, 6) is 2.01. The maximum atomic E-state index is 5.44. The van der Waals surface area contributed by atoms with Crippen molar-refractivity contribution in [2.45, 2.75) is 18.8 Å². The van der Waals surface area contributed by atoms with E-state index >= 15 is 0 Å². The van der Waals surface area contributed by atoms with Crippen LogP contribution in [0.25, 0.3) is 92.6 Å². The summed E-state index contributed by atoms with van der Waals surface area (Å²) in [4.78, 5) is 20.7. The van der Waals surface area contributed by atoms with Crippen LogP contribution in [0.2, 0.25) is 0 Å². The predicted molar refractivity (Wildman–Crippen MR) is 243 cm³/mol. The summed E-state index contributed by atoms with van der Waals surface area (Å²) in [6, 6.07) is 59.9. The van der Waals surface area contributed by atoms with Gasteiger partial charge in [0.05, 0.1) is 15.9 Å². The summed E-state index contributed by atoms with van der Waals surface area (Å²) in [5.41, 5.74) is 9.36. The average Bonchev–Trinajstić information content (AvgIpc) is 3.69. The molecule has 0 fully saturated rings. The van der Waals surface area contributed by atoms with Gasteiger partial charge < -0.3 is 0 Å². The van der Waals surface area contributed by atoms with Crippen molar-refractivity contribution in [3.05, 3.63) is 199 Å². The second-order valence-electron chi connectivity index (χ2n) is 15.3. The molecule has 7 aromatic carbocycles. The van der Waals surface area contributed by atoms with Gasteiger partial charge in [-0.3, -0.25) is 0 Å². The third kappa shape index (κ3) is 5.91. The molecule has 0 bridgehead atoms. The van der Waals surface area contributed by atoms with E-state index in [0.717, 1.165) is 45.5 Å². The summed E-state index contributed by atoms with van der Waals surface area (Å²) in [6.07, 6.45) is 7.36. The highest BCUT2D eigenvalue weighted by molar-refractivity contribution is 7.26. The van der Waals surface area contributed by atoms with Crippen LogP contribution in [0.4, 0.5) is 0 Å². The Hall–Kier alpha value is -7.08. The number of aromatic nitrogens is 4. The van der Waals surface area contributed by atoms with Gasteiger partial charge in [-0.15, -0.1) is 11.3 Å². The van der Waals surface area contributed by atoms with Crippen LogP contribution in [0.5, 0.6) is 0 Å². The van der Waals surface area contributed by atoms with Crippen molar-refractivity contribution in [2.24, 2.45) is 0 Å². The first kappa shape index (κ1) is 34.2. The molecule has 1 aliphatic carbocycles. The molecule has 0 spiro atoms. The van der Waals surface area contributed by atoms with E-state index in [-0.39, 0.29) is 5.41 Å². The largest absolute Gasteiger partial charge is 0.246 e. The van der Waals surface area contributed by atoms with Gasteiger partial charge in [0.15, 0.2) is 17.5 Å². The fourth-order valence-electron chi connectivity index (χ4n) is 8.51. The van der Waals surface area contributed by atoms with E-state index in [4.69, 9.17) is 19.9 Å². The first-order valence-corrected chi connectivity index (χ1v) is 20.5. The Morgan fingerprint density at radius 3 is 1.91 bits per heavy atom. The SMILES string of the molecule is CC1(c2cccc(-c3nc4ccc5ccccc5c4c4c3sc3ccccc34)c2)C=CC=C(c2nc(-c3ccccc3)nc(-c3ccc(-c4ccccc4)cc3)n2)C1. The lowest BCUT2D eigenvalue weighted by atomic mass is 9.74. The highest BCUT2D eigenvalue weighted by Crippen LogP contribution is 2.46. The molecule has 0 saturated heterocycles. The van der Waals surface area contributed by atoms with Crippen LogP contribution in [0.3, 0.4) is 0 Å². The van der Waals surface area contributed by atoms with E-state index in [0.29, 0.717) is 17.5 Å². The van der Waals surface area contributed by atoms with Crippen molar-refractivity contribution < 1.29 is 0 Å². The number of hydrogen-bond donors (Lipinski definition) is 0. The van der Waals surface area contributed by atoms with Gasteiger partial charge in [-0.1, -0.05) is 177 Å². The fourth-order valence-corrected chi connectivity index (χ4v) is 9.74. The van der Waals surface area contributed by atoms with Crippen LogP contribution in [0.15, 0.2) is 188 Å². The number of thiophene rings is 1. The molecule has 3 heterocycles. The Morgan fingerprint density at radius 2 is 1.12 bits per heavy atom. The van der Waals surface area contributed by atoms with Crippen molar-refractivity contribution in [2.75, 3.05) is 0 Å². The molecule has 0 saturated carbocycles. The van der Waals surface area contributed by atoms with E-state index in [1.165, 1.54) is 47.5 Å². The van der Waals surface area contributed by atoms with E-state index < -0.39 is 0 Å². The Kier molecular flexibility index (Phi) is 8.16. The van der Waals surface area contributed by atoms with Gasteiger partial charge in [0, 0.05) is 43.0 Å². The van der Waals surface area contributed by atoms with Crippen LogP contribution in [0, 0.1) is 0 Å². The number of pyridine rings is 1. The number of allylic oxidation sites excluding steroid dienone is 4. The molecular formula is C53H36N4S. The molecule has 0 N–H and O–H groups in total. The van der Waals surface area contributed by atoms with Gasteiger partial charge in [0.1, 0.15) is 0 Å². The number of rotatable bonds is 6. The van der Waals surface area contributed by atoms with Crippen LogP contribution >= 0.6 is 11.3 Å². The topological polar surface area (TPSA) is 51.6 Å². The second kappa shape index (κ2) is 13.8. The highest BCUT2D eigenvalue weighted by atomic mass is 32.1. The van der Waals surface area contributed by atoms with Gasteiger partial charge >= 0.3 is 0 Å². The smallest absolute Gasteiger partial charge is 0.164 e. The molecule has 0 amide bonds. The predicted octanol–water partition coefficient (Wildman–Crippen LogP) is 13.9. The summed E-state index contributed by atoms with van der Waals surface area (Å²) >= 11 is 1.84. The van der Waals surface area contributed by atoms with Crippen molar-refractivity contribution >= 4 is 58.8 Å². The first-order valence-electron chi connectivity index (χ1n) is 19.7. The van der Waals surface area contributed by atoms with E-state index in [1.807, 2.05) is 35.6 Å². The Bertz CT molecular complexity index is 3260. The molecule has 5 heteroatoms. The molecule has 274 valence electrons. The number of benzene rings is 7. The molecule has 10 aromatic rings. The molecule has 11 rings (SSSR count). The Balaban J connectivity index is 0.993. The summed E-state index contributed by atoms with van der Waals surface area (Å²) in [5, 5.41) is 6.25. The molecule has 4 nitrogen and oxygen atoms in total. The van der Waals surface area contributed by atoms with Crippen LogP contribution in [-0.2, 0) is 5.41 Å². The lowest BCUT2D eigenvalue weighted by Gasteiger charge is -2.30. The van der Waals surface area contributed by atoms with Crippen molar-refractivity contribution in [1.82, 2.24) is 19.9 Å². The summed E-state index contributed by atoms with van der Waals surface area (Å²) < 4.78 is 2.49. The minimum absolute atomic E-state index is 0.316. The molecule has 1 unspecified atom stereocenters. The zero-order chi connectivity index (χ0) is 38.6. The molecule has 0 aliphatic heterocycles. The zero-order valence-electron chi connectivity index (χ0n) is 31.8. The Morgan fingerprint density at radius 1 is 0.500 bits per heavy atom. The van der Waals surface area contributed by atoms with E-state index in [1.54, 1.807) is 0 Å². The van der Waals surface area contributed by atoms with Crippen molar-refractivity contribution in [1.29, 1.82) is 0 Å². The second-order valence-corrected chi connectivity index (χ2v) is 16.3. The number of hydrogen-bond acceptors (Lipinski definition) is 5. The first-order chi connectivity index (χ1) is 28.6. The van der Waals surface area contributed by atoms with Gasteiger partial charge in [-0.2, -0.15) is 0 Å².